The minimum Gasteiger partial charge on any atom is -0.495 e. The van der Waals surface area contributed by atoms with Gasteiger partial charge in [-0.3, -0.25) is 24.5 Å². The second-order valence-electron chi connectivity index (χ2n) is 24.3. The number of allylic oxidation sites excluding steroid dienone is 3. The van der Waals surface area contributed by atoms with Gasteiger partial charge in [-0.15, -0.1) is 0 Å². The van der Waals surface area contributed by atoms with Crippen LogP contribution in [0.25, 0.3) is 10.9 Å². The average molecular weight is 1220 g/mol. The number of nitrogens with zero attached hydrogens (tertiary/aromatic N) is 7. The molecule has 86 heavy (non-hydrogen) atoms. The van der Waals surface area contributed by atoms with Gasteiger partial charge in [0.2, 0.25) is 11.8 Å². The molecule has 6 heterocycles. The number of epoxide rings is 1. The lowest BCUT2D eigenvalue weighted by molar-refractivity contribution is -0.170. The molecule has 0 saturated carbocycles. The number of piperidine rings is 1. The van der Waals surface area contributed by atoms with Gasteiger partial charge < -0.3 is 58.1 Å². The zero-order chi connectivity index (χ0) is 62.4. The number of benzene rings is 2. The number of aliphatic hydroxyl groups is 2. The van der Waals surface area contributed by atoms with Crippen LogP contribution in [0.3, 0.4) is 0 Å². The van der Waals surface area contributed by atoms with Gasteiger partial charge in [-0.05, 0) is 76.1 Å². The number of likely N-dealkylation sites (tertiary alicyclic amines) is 1. The topological polar surface area (TPSA) is 241 Å². The number of fused-ring (bicyclic) bond motifs is 8. The summed E-state index contributed by atoms with van der Waals surface area (Å²) in [4.78, 5) is 71.4. The second-order valence-corrected chi connectivity index (χ2v) is 24.7. The normalized spacial score (nSPS) is 27.8. The molecule has 5 aliphatic rings. The number of alkyl carbamates (subject to hydrolysis) is 1. The number of aliphatic carboxylic acids is 1. The number of carbonyl (C=O) groups excluding carboxylic acids is 4. The van der Waals surface area contributed by atoms with Gasteiger partial charge in [0.1, 0.15) is 40.7 Å². The van der Waals surface area contributed by atoms with Crippen molar-refractivity contribution in [3.05, 3.63) is 82.0 Å². The highest BCUT2D eigenvalue weighted by Gasteiger charge is 2.64. The molecule has 8 rings (SSSR count). The highest BCUT2D eigenvalue weighted by molar-refractivity contribution is 6.35. The largest absolute Gasteiger partial charge is 0.495 e. The number of aromatic nitrogens is 1. The van der Waals surface area contributed by atoms with Crippen LogP contribution in [0.2, 0.25) is 5.02 Å². The number of hydrazine groups is 2. The van der Waals surface area contributed by atoms with Crippen LogP contribution in [0.5, 0.6) is 5.75 Å². The number of para-hydroxylation sites is 1. The van der Waals surface area contributed by atoms with E-state index in [1.807, 2.05) is 16.8 Å². The number of carbonyl (C=O) groups is 5. The van der Waals surface area contributed by atoms with Gasteiger partial charge >= 0.3 is 18.0 Å². The third-order valence-corrected chi connectivity index (χ3v) is 18.8. The van der Waals surface area contributed by atoms with Crippen LogP contribution in [0.15, 0.2) is 60.2 Å². The average Bonchev–Trinajstić information content (AvgIpc) is 1.63. The van der Waals surface area contributed by atoms with E-state index in [9.17, 15) is 34.2 Å². The SMILES string of the molecule is CCCC(C)C1c2c(n(CCC(=O)N3CCC(N(CCOCCOCCC(=O)O)N(C)[C@H](C)C(=O)O[C@H]4CC(=O)N(C)c5cc(cc(OC)c5Cl)C/C(C)=C/C=C/[C@@H](O)[C@@]5(O)C[C@H](OC(=O)N5)[C@@H](C)C5O[C@]54C)CC3)c3ccccc23)CN(C)N1C. The molecule has 4 bridgehead atoms. The van der Waals surface area contributed by atoms with Crippen LogP contribution < -0.4 is 15.0 Å². The first-order valence-electron chi connectivity index (χ1n) is 30.3. The standard InChI is InChI=1S/C63H91ClN8O14/c1-12-16-40(3)58-56-45-18-13-14-19-46(45)71(48(56)38-66(7)69(58)10)27-23-53(74)70-25-21-44(22-26-70)72(28-30-83-32-31-82-29-24-55(76)77)68(9)42(5)60(78)85-52-36-54(75)67(8)47-34-43(35-49(81-11)57(47)64)33-39(2)17-15-20-51(73)63(80)37-50(84-61(79)65-63)41(4)59-62(52,6)86-59/h13-15,17-20,34-35,40-42,44,50-52,58-59,73,80H,12,16,21-33,36-38H2,1-11H3,(H,65,79)(H,76,77)/b20-15+,39-17+/t40?,41-,42-,50+,51-,52+,58?,59?,62+,63+/m1/s1. The summed E-state index contributed by atoms with van der Waals surface area (Å²) in [6.07, 6.45) is 2.77. The van der Waals surface area contributed by atoms with Crippen LogP contribution in [0, 0.1) is 11.8 Å². The lowest BCUT2D eigenvalue weighted by atomic mass is 9.83. The van der Waals surface area contributed by atoms with Gasteiger partial charge in [0.05, 0.1) is 70.8 Å². The highest BCUT2D eigenvalue weighted by atomic mass is 35.5. The predicted octanol–water partition coefficient (Wildman–Crippen LogP) is 6.86. The van der Waals surface area contributed by atoms with Crippen molar-refractivity contribution >= 4 is 58.0 Å². The summed E-state index contributed by atoms with van der Waals surface area (Å²) >= 11 is 6.92. The molecule has 3 unspecified atom stereocenters. The second kappa shape index (κ2) is 28.7. The molecular formula is C63H91ClN8O14. The number of likely N-dealkylation sites (N-methyl/N-ethyl adjacent to an activating group) is 1. The van der Waals surface area contributed by atoms with Gasteiger partial charge in [-0.25, -0.2) is 24.8 Å². The van der Waals surface area contributed by atoms with Gasteiger partial charge in [-0.1, -0.05) is 80.8 Å². The summed E-state index contributed by atoms with van der Waals surface area (Å²) in [5.74, 6) is -1.87. The number of methoxy groups -OCH3 is 1. The number of amides is 3. The van der Waals surface area contributed by atoms with Crippen molar-refractivity contribution in [1.29, 1.82) is 0 Å². The summed E-state index contributed by atoms with van der Waals surface area (Å²) in [5, 5.41) is 44.4. The Balaban J connectivity index is 1.01. The smallest absolute Gasteiger partial charge is 0.409 e. The molecule has 5 aliphatic heterocycles. The molecule has 22 nitrogen and oxygen atoms in total. The number of carboxylic acids is 1. The molecule has 1 aromatic heterocycles. The zero-order valence-corrected chi connectivity index (χ0v) is 52.7. The first-order valence-corrected chi connectivity index (χ1v) is 30.7. The molecule has 3 fully saturated rings. The quantitative estimate of drug-likeness (QED) is 0.0368. The van der Waals surface area contributed by atoms with Crippen molar-refractivity contribution in [1.82, 2.24) is 34.8 Å². The maximum atomic E-state index is 14.9. The fourth-order valence-electron chi connectivity index (χ4n) is 13.1. The maximum Gasteiger partial charge on any atom is 0.409 e. The summed E-state index contributed by atoms with van der Waals surface area (Å²) in [6, 6.07) is 11.2. The Bertz CT molecular complexity index is 2970. The van der Waals surface area contributed by atoms with Crippen molar-refractivity contribution in [3.63, 3.8) is 0 Å². The van der Waals surface area contributed by atoms with Crippen LogP contribution >= 0.6 is 11.6 Å². The lowest BCUT2D eigenvalue weighted by Gasteiger charge is -2.44. The van der Waals surface area contributed by atoms with E-state index in [0.29, 0.717) is 69.2 Å². The number of carboxylic acid groups (broad SMARTS) is 1. The fourth-order valence-corrected chi connectivity index (χ4v) is 13.4. The summed E-state index contributed by atoms with van der Waals surface area (Å²) in [7, 11) is 9.17. The molecule has 2 aromatic carbocycles. The third-order valence-electron chi connectivity index (χ3n) is 18.4. The first kappa shape index (κ1) is 66.3. The van der Waals surface area contributed by atoms with Gasteiger partial charge in [0, 0.05) is 101 Å². The monoisotopic (exact) mass is 1220 g/mol. The number of ether oxygens (including phenoxy) is 6. The van der Waals surface area contributed by atoms with Gasteiger partial charge in [0.15, 0.2) is 5.72 Å². The van der Waals surface area contributed by atoms with Crippen LogP contribution in [0.4, 0.5) is 10.5 Å². The molecule has 4 N–H and O–H groups in total. The molecule has 0 aliphatic carbocycles. The summed E-state index contributed by atoms with van der Waals surface area (Å²) in [6.45, 7) is 15.0. The molecule has 3 aromatic rings. The van der Waals surface area contributed by atoms with Crippen molar-refractivity contribution in [2.75, 3.05) is 86.3 Å². The van der Waals surface area contributed by atoms with E-state index in [1.54, 1.807) is 59.2 Å². The summed E-state index contributed by atoms with van der Waals surface area (Å²) in [5.41, 5.74) is 2.31. The first-order chi connectivity index (χ1) is 40.9. The molecule has 3 amide bonds. The van der Waals surface area contributed by atoms with Crippen LogP contribution in [-0.2, 0) is 62.4 Å². The number of aryl methyl sites for hydroxylation is 1. The molecular weight excluding hydrogens is 1130 g/mol. The number of hydrogen-bond donors (Lipinski definition) is 4. The van der Waals surface area contributed by atoms with Crippen molar-refractivity contribution in [2.45, 2.75) is 166 Å². The Morgan fingerprint density at radius 1 is 1.01 bits per heavy atom. The third kappa shape index (κ3) is 14.9. The van der Waals surface area contributed by atoms with E-state index in [0.717, 1.165) is 36.0 Å². The van der Waals surface area contributed by atoms with Gasteiger partial charge in [-0.2, -0.15) is 0 Å². The lowest BCUT2D eigenvalue weighted by Crippen LogP contribution is -2.63. The number of hydrogen-bond acceptors (Lipinski definition) is 17. The van der Waals surface area contributed by atoms with Crippen LogP contribution in [0.1, 0.15) is 116 Å². The van der Waals surface area contributed by atoms with Crippen molar-refractivity contribution < 1.29 is 67.7 Å². The Hall–Kier alpha value is -5.66. The van der Waals surface area contributed by atoms with Crippen molar-refractivity contribution in [3.8, 4) is 5.75 Å². The molecule has 0 radical (unpaired) electrons. The van der Waals surface area contributed by atoms with Crippen molar-refractivity contribution in [2.24, 2.45) is 11.8 Å². The molecule has 10 atom stereocenters. The molecule has 474 valence electrons. The highest BCUT2D eigenvalue weighted by Crippen LogP contribution is 2.50. The van der Waals surface area contributed by atoms with Gasteiger partial charge in [0.25, 0.3) is 0 Å². The Morgan fingerprint density at radius 3 is 2.42 bits per heavy atom. The van der Waals surface area contributed by atoms with E-state index in [2.05, 4.69) is 77.1 Å². The fraction of sp³-hybridized carbons (Fsp3) is 0.635. The van der Waals surface area contributed by atoms with E-state index in [4.69, 9.17) is 45.1 Å². The number of halogens is 1. The predicted molar refractivity (Wildman–Crippen MR) is 324 cm³/mol. The number of aliphatic hydroxyl groups excluding tert-OH is 1. The molecule has 3 saturated heterocycles. The van der Waals surface area contributed by atoms with Crippen LogP contribution in [-0.4, -0.2) is 204 Å². The number of esters is 1. The Labute approximate surface area is 510 Å². The minimum atomic E-state index is -2.10. The summed E-state index contributed by atoms with van der Waals surface area (Å²) < 4.78 is 38.2. The van der Waals surface area contributed by atoms with E-state index in [-0.39, 0.29) is 68.7 Å². The number of rotatable bonds is 21. The van der Waals surface area contributed by atoms with E-state index in [1.165, 1.54) is 34.7 Å². The number of nitrogens with one attached hydrogen (secondary N) is 1. The minimum absolute atomic E-state index is 0.0547. The Morgan fingerprint density at radius 2 is 1.72 bits per heavy atom. The zero-order valence-electron chi connectivity index (χ0n) is 52.0. The molecule has 23 heteroatoms. The number of anilines is 1. The molecule has 0 spiro atoms. The maximum absolute atomic E-state index is 14.9. The van der Waals surface area contributed by atoms with E-state index < -0.39 is 71.6 Å². The van der Waals surface area contributed by atoms with E-state index >= 15 is 0 Å². The Kier molecular flexibility index (Phi) is 22.1.